The Morgan fingerprint density at radius 3 is 2.44 bits per heavy atom. The van der Waals surface area contributed by atoms with Gasteiger partial charge in [-0.3, -0.25) is 9.10 Å². The predicted molar refractivity (Wildman–Crippen MR) is 108 cm³/mol. The van der Waals surface area contributed by atoms with Crippen molar-refractivity contribution in [2.45, 2.75) is 0 Å². The average Bonchev–Trinajstić information content (AvgIpc) is 2.53. The van der Waals surface area contributed by atoms with E-state index in [9.17, 15) is 13.2 Å². The highest BCUT2D eigenvalue weighted by molar-refractivity contribution is 14.1. The van der Waals surface area contributed by atoms with Crippen molar-refractivity contribution in [2.24, 2.45) is 0 Å². The van der Waals surface area contributed by atoms with E-state index in [0.717, 1.165) is 14.1 Å². The van der Waals surface area contributed by atoms with E-state index in [1.807, 2.05) is 0 Å². The molecule has 0 aliphatic rings. The molecule has 0 saturated carbocycles. The normalized spacial score (nSPS) is 11.0. The molecule has 25 heavy (non-hydrogen) atoms. The van der Waals surface area contributed by atoms with Gasteiger partial charge >= 0.3 is 0 Å². The minimum absolute atomic E-state index is 0.366. The number of nitrogens with zero attached hydrogens (tertiary/aromatic N) is 1. The van der Waals surface area contributed by atoms with Crippen LogP contribution in [0.5, 0.6) is 5.75 Å². The molecule has 0 fully saturated rings. The van der Waals surface area contributed by atoms with Crippen molar-refractivity contribution in [1.82, 2.24) is 0 Å². The molecule has 2 rings (SSSR count). The highest BCUT2D eigenvalue weighted by atomic mass is 127. The third-order valence-electron chi connectivity index (χ3n) is 3.24. The molecule has 0 heterocycles. The summed E-state index contributed by atoms with van der Waals surface area (Å²) in [4.78, 5) is 12.4. The molecule has 2 aromatic carbocycles. The summed E-state index contributed by atoms with van der Waals surface area (Å²) in [6, 6.07) is 11.6. The summed E-state index contributed by atoms with van der Waals surface area (Å²) in [7, 11) is -2.16. The fourth-order valence-corrected chi connectivity index (χ4v) is 3.49. The second-order valence-electron chi connectivity index (χ2n) is 5.14. The van der Waals surface area contributed by atoms with Crippen molar-refractivity contribution in [3.8, 4) is 5.75 Å². The number of anilines is 2. The van der Waals surface area contributed by atoms with E-state index in [2.05, 4.69) is 27.9 Å². The summed E-state index contributed by atoms with van der Waals surface area (Å²) >= 11 is 8.05. The summed E-state index contributed by atoms with van der Waals surface area (Å²) in [6.07, 6.45) is 1.05. The third kappa shape index (κ3) is 5.48. The number of sulfonamides is 1. The zero-order chi connectivity index (χ0) is 18.6. The van der Waals surface area contributed by atoms with Crippen molar-refractivity contribution in [2.75, 3.05) is 29.5 Å². The molecular formula is C16H16ClIN2O4S. The molecule has 0 bridgehead atoms. The van der Waals surface area contributed by atoms with Gasteiger partial charge in [0, 0.05) is 8.59 Å². The van der Waals surface area contributed by atoms with Crippen LogP contribution in [0.25, 0.3) is 0 Å². The second kappa shape index (κ2) is 8.24. The molecule has 0 aliphatic heterocycles. The number of hydrogen-bond acceptors (Lipinski definition) is 4. The van der Waals surface area contributed by atoms with Gasteiger partial charge in [-0.2, -0.15) is 0 Å². The van der Waals surface area contributed by atoms with Gasteiger partial charge in [-0.05, 0) is 65.1 Å². The molecule has 6 nitrogen and oxygen atoms in total. The van der Waals surface area contributed by atoms with E-state index in [1.54, 1.807) is 36.4 Å². The quantitative estimate of drug-likeness (QED) is 0.625. The Morgan fingerprint density at radius 1 is 1.24 bits per heavy atom. The standard InChI is InChI=1S/C16H16ClIN2O4S/c1-24-15-8-3-11(17)9-14(15)19-16(21)10-20(25(2,22)23)13-6-4-12(18)5-7-13/h3-9H,10H2,1-2H3,(H,19,21). The van der Waals surface area contributed by atoms with Gasteiger partial charge < -0.3 is 10.1 Å². The first-order valence-corrected chi connectivity index (χ1v) is 10.4. The summed E-state index contributed by atoms with van der Waals surface area (Å²) in [5.74, 6) is -0.0811. The van der Waals surface area contributed by atoms with E-state index >= 15 is 0 Å². The zero-order valence-corrected chi connectivity index (χ0v) is 17.2. The average molecular weight is 495 g/mol. The van der Waals surface area contributed by atoms with Crippen LogP contribution in [-0.4, -0.2) is 34.2 Å². The number of nitrogens with one attached hydrogen (secondary N) is 1. The van der Waals surface area contributed by atoms with Gasteiger partial charge in [-0.15, -0.1) is 0 Å². The first-order valence-electron chi connectivity index (χ1n) is 7.07. The molecular weight excluding hydrogens is 479 g/mol. The Morgan fingerprint density at radius 2 is 1.88 bits per heavy atom. The van der Waals surface area contributed by atoms with Crippen LogP contribution in [0.3, 0.4) is 0 Å². The monoisotopic (exact) mass is 494 g/mol. The number of hydrogen-bond donors (Lipinski definition) is 1. The van der Waals surface area contributed by atoms with Crippen LogP contribution in [-0.2, 0) is 14.8 Å². The van der Waals surface area contributed by atoms with Gasteiger partial charge in [0.15, 0.2) is 0 Å². The van der Waals surface area contributed by atoms with Crippen molar-refractivity contribution in [3.05, 3.63) is 51.1 Å². The topological polar surface area (TPSA) is 75.7 Å². The van der Waals surface area contributed by atoms with Gasteiger partial charge in [-0.1, -0.05) is 11.6 Å². The summed E-state index contributed by atoms with van der Waals surface area (Å²) in [5, 5.41) is 3.05. The minimum Gasteiger partial charge on any atom is -0.495 e. The van der Waals surface area contributed by atoms with E-state index in [1.165, 1.54) is 13.2 Å². The molecule has 134 valence electrons. The van der Waals surface area contributed by atoms with Gasteiger partial charge in [0.25, 0.3) is 0 Å². The van der Waals surface area contributed by atoms with Crippen LogP contribution in [0.1, 0.15) is 0 Å². The lowest BCUT2D eigenvalue weighted by atomic mass is 10.3. The van der Waals surface area contributed by atoms with Crippen molar-refractivity contribution in [3.63, 3.8) is 0 Å². The minimum atomic E-state index is -3.63. The molecule has 0 saturated heterocycles. The maximum Gasteiger partial charge on any atom is 0.245 e. The zero-order valence-electron chi connectivity index (χ0n) is 13.5. The lowest BCUT2D eigenvalue weighted by molar-refractivity contribution is -0.114. The van der Waals surface area contributed by atoms with Crippen LogP contribution < -0.4 is 14.4 Å². The molecule has 1 N–H and O–H groups in total. The van der Waals surface area contributed by atoms with Gasteiger partial charge in [0.1, 0.15) is 12.3 Å². The highest BCUT2D eigenvalue weighted by Crippen LogP contribution is 2.28. The number of carbonyl (C=O) groups is 1. The molecule has 2 aromatic rings. The SMILES string of the molecule is COc1ccc(Cl)cc1NC(=O)CN(c1ccc(I)cc1)S(C)(=O)=O. The molecule has 0 aliphatic carbocycles. The number of halogens is 2. The van der Waals surface area contributed by atoms with Gasteiger partial charge in [-0.25, -0.2) is 8.42 Å². The van der Waals surface area contributed by atoms with Crippen LogP contribution in [0.2, 0.25) is 5.02 Å². The van der Waals surface area contributed by atoms with E-state index in [0.29, 0.717) is 22.1 Å². The number of rotatable bonds is 6. The Hall–Kier alpha value is -1.52. The first kappa shape index (κ1) is 19.8. The smallest absolute Gasteiger partial charge is 0.245 e. The Labute approximate surface area is 165 Å². The molecule has 0 aromatic heterocycles. The van der Waals surface area contributed by atoms with Crippen LogP contribution in [0.15, 0.2) is 42.5 Å². The number of methoxy groups -OCH3 is 1. The van der Waals surface area contributed by atoms with Crippen LogP contribution in [0.4, 0.5) is 11.4 Å². The van der Waals surface area contributed by atoms with E-state index in [-0.39, 0.29) is 6.54 Å². The number of amides is 1. The number of carbonyl (C=O) groups excluding carboxylic acids is 1. The van der Waals surface area contributed by atoms with Crippen LogP contribution in [0, 0.1) is 3.57 Å². The fourth-order valence-electron chi connectivity index (χ4n) is 2.11. The summed E-state index contributed by atoms with van der Waals surface area (Å²) in [5.41, 5.74) is 0.784. The molecule has 0 radical (unpaired) electrons. The number of benzene rings is 2. The van der Waals surface area contributed by atoms with Crippen molar-refractivity contribution in [1.29, 1.82) is 0 Å². The molecule has 0 unspecified atom stereocenters. The van der Waals surface area contributed by atoms with E-state index < -0.39 is 15.9 Å². The molecule has 0 atom stereocenters. The third-order valence-corrected chi connectivity index (χ3v) is 5.33. The second-order valence-corrected chi connectivity index (χ2v) is 8.73. The van der Waals surface area contributed by atoms with Gasteiger partial charge in [0.05, 0.1) is 24.7 Å². The molecule has 9 heteroatoms. The van der Waals surface area contributed by atoms with Crippen LogP contribution >= 0.6 is 34.2 Å². The van der Waals surface area contributed by atoms with Crippen molar-refractivity contribution < 1.29 is 17.9 Å². The fraction of sp³-hybridized carbons (Fsp3) is 0.188. The summed E-state index contributed by atoms with van der Waals surface area (Å²) in [6.45, 7) is -0.366. The number of ether oxygens (including phenoxy) is 1. The maximum absolute atomic E-state index is 12.4. The van der Waals surface area contributed by atoms with Gasteiger partial charge in [0.2, 0.25) is 15.9 Å². The largest absolute Gasteiger partial charge is 0.495 e. The maximum atomic E-state index is 12.4. The Balaban J connectivity index is 2.23. The lowest BCUT2D eigenvalue weighted by Gasteiger charge is -2.22. The van der Waals surface area contributed by atoms with E-state index in [4.69, 9.17) is 16.3 Å². The molecule has 1 amide bonds. The Kier molecular flexibility index (Phi) is 6.53. The van der Waals surface area contributed by atoms with Crippen molar-refractivity contribution >= 4 is 61.5 Å². The highest BCUT2D eigenvalue weighted by Gasteiger charge is 2.21. The predicted octanol–water partition coefficient (Wildman–Crippen LogP) is 3.36. The Bertz CT molecular complexity index is 872. The summed E-state index contributed by atoms with van der Waals surface area (Å²) < 4.78 is 31.3. The lowest BCUT2D eigenvalue weighted by Crippen LogP contribution is -2.37. The first-order chi connectivity index (χ1) is 11.7. The molecule has 0 spiro atoms.